The van der Waals surface area contributed by atoms with Crippen LogP contribution in [0, 0.1) is 0 Å². The lowest BCUT2D eigenvalue weighted by atomic mass is 10.4. The monoisotopic (exact) mass is 167 g/mol. The zero-order valence-electron chi connectivity index (χ0n) is 7.24. The summed E-state index contributed by atoms with van der Waals surface area (Å²) in [7, 11) is 0. The van der Waals surface area contributed by atoms with Crippen molar-refractivity contribution in [1.82, 2.24) is 4.68 Å². The van der Waals surface area contributed by atoms with Gasteiger partial charge in [-0.15, -0.1) is 0 Å². The largest absolute Gasteiger partial charge is 0.364 e. The van der Waals surface area contributed by atoms with Gasteiger partial charge in [0.15, 0.2) is 0 Å². The highest BCUT2D eigenvalue weighted by Crippen LogP contribution is 1.98. The molecule has 1 aromatic rings. The van der Waals surface area contributed by atoms with E-state index in [9.17, 15) is 4.79 Å². The maximum atomic E-state index is 10.8. The molecule has 1 heterocycles. The van der Waals surface area contributed by atoms with Crippen LogP contribution in [0.4, 0.5) is 0 Å². The van der Waals surface area contributed by atoms with Gasteiger partial charge in [0.2, 0.25) is 0 Å². The number of nitrogens with zero attached hydrogens (tertiary/aromatic N) is 1. The van der Waals surface area contributed by atoms with Gasteiger partial charge in [0.1, 0.15) is 5.69 Å². The first kappa shape index (κ1) is 8.64. The molecule has 0 spiro atoms. The van der Waals surface area contributed by atoms with Crippen molar-refractivity contribution in [2.75, 3.05) is 5.43 Å². The fourth-order valence-corrected chi connectivity index (χ4v) is 0.972. The van der Waals surface area contributed by atoms with E-state index in [1.54, 1.807) is 23.0 Å². The fraction of sp³-hybridized carbons (Fsp3) is 0.375. The van der Waals surface area contributed by atoms with E-state index < -0.39 is 5.91 Å². The number of nitrogens with two attached hydrogens (primary N) is 1. The summed E-state index contributed by atoms with van der Waals surface area (Å²) in [4.78, 5) is 10.8. The Labute approximate surface area is 71.3 Å². The van der Waals surface area contributed by atoms with Crippen LogP contribution in [0.1, 0.15) is 24.3 Å². The number of nitrogens with one attached hydrogen (secondary N) is 1. The first-order valence-electron chi connectivity index (χ1n) is 3.85. The lowest BCUT2D eigenvalue weighted by Crippen LogP contribution is -2.27. The van der Waals surface area contributed by atoms with Crippen LogP contribution in [0.5, 0.6) is 0 Å². The van der Waals surface area contributed by atoms with Crippen molar-refractivity contribution in [2.45, 2.75) is 19.9 Å². The molecular formula is C8H13N3O. The molecule has 1 amide bonds. The summed E-state index contributed by atoms with van der Waals surface area (Å²) < 4.78 is 1.63. The van der Waals surface area contributed by atoms with Gasteiger partial charge in [0.25, 0.3) is 5.91 Å². The van der Waals surface area contributed by atoms with Crippen LogP contribution < -0.4 is 11.2 Å². The quantitative estimate of drug-likeness (QED) is 0.690. The number of amides is 1. The minimum absolute atomic E-state index is 0.274. The molecule has 4 heteroatoms. The molecule has 4 nitrogen and oxygen atoms in total. The predicted octanol–water partition coefficient (Wildman–Crippen LogP) is 0.539. The molecule has 1 rings (SSSR count). The molecule has 0 aliphatic carbocycles. The van der Waals surface area contributed by atoms with Crippen LogP contribution in [0.3, 0.4) is 0 Å². The average Bonchev–Trinajstić information content (AvgIpc) is 2.33. The number of carbonyl (C=O) groups excluding carboxylic acids is 1. The molecule has 0 aliphatic rings. The molecule has 66 valence electrons. The van der Waals surface area contributed by atoms with Gasteiger partial charge in [-0.25, -0.2) is 0 Å². The van der Waals surface area contributed by atoms with Gasteiger partial charge < -0.3 is 11.2 Å². The molecular weight excluding hydrogens is 154 g/mol. The molecule has 1 aromatic heterocycles. The van der Waals surface area contributed by atoms with Crippen LogP contribution in [-0.4, -0.2) is 16.6 Å². The molecule has 0 bridgehead atoms. The highest BCUT2D eigenvalue weighted by molar-refractivity contribution is 5.91. The second kappa shape index (κ2) is 3.30. The summed E-state index contributed by atoms with van der Waals surface area (Å²) in [6.07, 6.45) is 1.76. The second-order valence-corrected chi connectivity index (χ2v) is 2.91. The van der Waals surface area contributed by atoms with Gasteiger partial charge in [-0.2, -0.15) is 0 Å². The van der Waals surface area contributed by atoms with Gasteiger partial charge in [-0.1, -0.05) is 0 Å². The molecule has 0 unspecified atom stereocenters. The third kappa shape index (κ3) is 1.78. The van der Waals surface area contributed by atoms with E-state index in [1.165, 1.54) is 0 Å². The van der Waals surface area contributed by atoms with Crippen molar-refractivity contribution in [3.8, 4) is 0 Å². The Balaban J connectivity index is 2.84. The highest BCUT2D eigenvalue weighted by Gasteiger charge is 2.05. The summed E-state index contributed by atoms with van der Waals surface area (Å²) in [6, 6.07) is 3.73. The zero-order valence-corrected chi connectivity index (χ0v) is 7.24. The van der Waals surface area contributed by atoms with Gasteiger partial charge in [-0.05, 0) is 26.0 Å². The summed E-state index contributed by atoms with van der Waals surface area (Å²) in [5, 5.41) is 0. The SMILES string of the molecule is CC(C)Nn1cccc1C(N)=O. The summed E-state index contributed by atoms with van der Waals surface area (Å²) >= 11 is 0. The standard InChI is InChI=1S/C8H13N3O/c1-6(2)10-11-5-3-4-7(11)8(9)12/h3-6,10H,1-2H3,(H2,9,12). The van der Waals surface area contributed by atoms with E-state index in [0.717, 1.165) is 0 Å². The third-order valence-electron chi connectivity index (χ3n) is 1.40. The normalized spacial score (nSPS) is 10.2. The molecule has 0 saturated heterocycles. The van der Waals surface area contributed by atoms with E-state index >= 15 is 0 Å². The lowest BCUT2D eigenvalue weighted by molar-refractivity contribution is 0.0992. The van der Waals surface area contributed by atoms with E-state index in [1.807, 2.05) is 13.8 Å². The minimum atomic E-state index is -0.423. The van der Waals surface area contributed by atoms with E-state index in [4.69, 9.17) is 5.73 Å². The minimum Gasteiger partial charge on any atom is -0.364 e. The van der Waals surface area contributed by atoms with Crippen LogP contribution in [0.25, 0.3) is 0 Å². The van der Waals surface area contributed by atoms with Crippen LogP contribution in [0.15, 0.2) is 18.3 Å². The van der Waals surface area contributed by atoms with E-state index in [-0.39, 0.29) is 6.04 Å². The van der Waals surface area contributed by atoms with Gasteiger partial charge in [0, 0.05) is 12.2 Å². The fourth-order valence-electron chi connectivity index (χ4n) is 0.972. The molecule has 0 aliphatic heterocycles. The maximum absolute atomic E-state index is 10.8. The Morgan fingerprint density at radius 1 is 1.67 bits per heavy atom. The maximum Gasteiger partial charge on any atom is 0.267 e. The summed E-state index contributed by atoms with van der Waals surface area (Å²) in [6.45, 7) is 3.98. The number of carbonyl (C=O) groups is 1. The van der Waals surface area contributed by atoms with Crippen molar-refractivity contribution in [1.29, 1.82) is 0 Å². The van der Waals surface area contributed by atoms with Gasteiger partial charge in [-0.3, -0.25) is 9.47 Å². The molecule has 12 heavy (non-hydrogen) atoms. The number of hydrogen-bond acceptors (Lipinski definition) is 2. The Morgan fingerprint density at radius 3 is 2.83 bits per heavy atom. The molecule has 0 saturated carbocycles. The Kier molecular flexibility index (Phi) is 2.38. The van der Waals surface area contributed by atoms with Gasteiger partial charge >= 0.3 is 0 Å². The Hall–Kier alpha value is -1.45. The molecule has 0 atom stereocenters. The second-order valence-electron chi connectivity index (χ2n) is 2.91. The predicted molar refractivity (Wildman–Crippen MR) is 47.4 cm³/mol. The van der Waals surface area contributed by atoms with Crippen molar-refractivity contribution in [3.63, 3.8) is 0 Å². The molecule has 0 aromatic carbocycles. The summed E-state index contributed by atoms with van der Waals surface area (Å²) in [5.74, 6) is -0.423. The van der Waals surface area contributed by atoms with E-state index in [0.29, 0.717) is 5.69 Å². The van der Waals surface area contributed by atoms with E-state index in [2.05, 4.69) is 5.43 Å². The number of primary amides is 1. The molecule has 0 fully saturated rings. The van der Waals surface area contributed by atoms with Crippen molar-refractivity contribution < 1.29 is 4.79 Å². The third-order valence-corrected chi connectivity index (χ3v) is 1.40. The number of rotatable bonds is 3. The molecule has 0 radical (unpaired) electrons. The van der Waals surface area contributed by atoms with Crippen LogP contribution in [-0.2, 0) is 0 Å². The zero-order chi connectivity index (χ0) is 9.14. The number of aromatic nitrogens is 1. The van der Waals surface area contributed by atoms with Gasteiger partial charge in [0.05, 0.1) is 0 Å². The molecule has 3 N–H and O–H groups in total. The van der Waals surface area contributed by atoms with Crippen LogP contribution in [0.2, 0.25) is 0 Å². The Bertz CT molecular complexity index is 278. The first-order chi connectivity index (χ1) is 5.61. The number of hydrogen-bond donors (Lipinski definition) is 2. The summed E-state index contributed by atoms with van der Waals surface area (Å²) in [5.41, 5.74) is 8.66. The topological polar surface area (TPSA) is 60.1 Å². The average molecular weight is 167 g/mol. The highest BCUT2D eigenvalue weighted by atomic mass is 16.1. The van der Waals surface area contributed by atoms with Crippen molar-refractivity contribution >= 4 is 5.91 Å². The lowest BCUT2D eigenvalue weighted by Gasteiger charge is -2.12. The van der Waals surface area contributed by atoms with Crippen LogP contribution >= 0.6 is 0 Å². The Morgan fingerprint density at radius 2 is 2.33 bits per heavy atom. The van der Waals surface area contributed by atoms with Crippen molar-refractivity contribution in [2.24, 2.45) is 5.73 Å². The smallest absolute Gasteiger partial charge is 0.267 e. The van der Waals surface area contributed by atoms with Crippen molar-refractivity contribution in [3.05, 3.63) is 24.0 Å². The first-order valence-corrected chi connectivity index (χ1v) is 3.85.